The lowest BCUT2D eigenvalue weighted by atomic mass is 10.0. The molecule has 0 saturated carbocycles. The third-order valence-corrected chi connectivity index (χ3v) is 3.87. The normalized spacial score (nSPS) is 18.4. The van der Waals surface area contributed by atoms with E-state index in [9.17, 15) is 9.59 Å². The first-order valence-electron chi connectivity index (χ1n) is 8.00. The number of ether oxygens (including phenoxy) is 3. The van der Waals surface area contributed by atoms with E-state index >= 15 is 0 Å². The zero-order valence-electron chi connectivity index (χ0n) is 13.4. The molecule has 1 heterocycles. The third-order valence-electron chi connectivity index (χ3n) is 3.87. The molecule has 1 rings (SSSR count). The summed E-state index contributed by atoms with van der Waals surface area (Å²) in [4.78, 5) is 23.2. The fourth-order valence-corrected chi connectivity index (χ4v) is 1.96. The molecule has 0 aromatic rings. The molecule has 5 heteroatoms. The van der Waals surface area contributed by atoms with Crippen molar-refractivity contribution in [2.45, 2.75) is 59.0 Å². The molecule has 1 aliphatic heterocycles. The molecule has 0 aliphatic carbocycles. The highest BCUT2D eigenvalue weighted by atomic mass is 16.6. The van der Waals surface area contributed by atoms with Crippen LogP contribution in [0.25, 0.3) is 0 Å². The molecule has 122 valence electrons. The van der Waals surface area contributed by atoms with Gasteiger partial charge in [0.1, 0.15) is 12.7 Å². The molecule has 1 aliphatic rings. The van der Waals surface area contributed by atoms with Crippen LogP contribution in [0.4, 0.5) is 0 Å². The van der Waals surface area contributed by atoms with Crippen molar-refractivity contribution in [2.24, 2.45) is 11.8 Å². The minimum absolute atomic E-state index is 0.0983. The molecule has 0 aromatic carbocycles. The maximum absolute atomic E-state index is 11.6. The number of rotatable bonds is 11. The Hall–Kier alpha value is -1.10. The summed E-state index contributed by atoms with van der Waals surface area (Å²) in [6, 6.07) is 0. The summed E-state index contributed by atoms with van der Waals surface area (Å²) in [5.74, 6) is -0.118. The maximum Gasteiger partial charge on any atom is 0.308 e. The van der Waals surface area contributed by atoms with E-state index in [1.165, 1.54) is 0 Å². The van der Waals surface area contributed by atoms with Crippen LogP contribution in [0.3, 0.4) is 0 Å². The van der Waals surface area contributed by atoms with Gasteiger partial charge in [-0.05, 0) is 18.8 Å². The van der Waals surface area contributed by atoms with Crippen molar-refractivity contribution in [3.05, 3.63) is 0 Å². The van der Waals surface area contributed by atoms with Gasteiger partial charge in [-0.2, -0.15) is 0 Å². The van der Waals surface area contributed by atoms with E-state index in [4.69, 9.17) is 14.2 Å². The molecule has 0 radical (unpaired) electrons. The number of carbonyl (C=O) groups is 2. The zero-order chi connectivity index (χ0) is 15.7. The highest BCUT2D eigenvalue weighted by molar-refractivity contribution is 5.72. The van der Waals surface area contributed by atoms with Gasteiger partial charge in [-0.15, -0.1) is 0 Å². The molecule has 0 amide bonds. The molecule has 2 unspecified atom stereocenters. The molecule has 1 fully saturated rings. The third kappa shape index (κ3) is 8.05. The van der Waals surface area contributed by atoms with Crippen LogP contribution in [-0.2, 0) is 23.8 Å². The van der Waals surface area contributed by atoms with Crippen molar-refractivity contribution in [1.82, 2.24) is 0 Å². The summed E-state index contributed by atoms with van der Waals surface area (Å²) < 4.78 is 15.3. The van der Waals surface area contributed by atoms with Gasteiger partial charge >= 0.3 is 11.9 Å². The number of carbonyl (C=O) groups excluding carboxylic acids is 2. The fraction of sp³-hybridized carbons (Fsp3) is 0.875. The first kappa shape index (κ1) is 18.0. The van der Waals surface area contributed by atoms with Gasteiger partial charge in [0.05, 0.1) is 19.1 Å². The first-order chi connectivity index (χ1) is 10.1. The van der Waals surface area contributed by atoms with Crippen molar-refractivity contribution in [3.63, 3.8) is 0 Å². The summed E-state index contributed by atoms with van der Waals surface area (Å²) >= 11 is 0. The van der Waals surface area contributed by atoms with E-state index in [-0.39, 0.29) is 24.0 Å². The summed E-state index contributed by atoms with van der Waals surface area (Å²) in [6.07, 6.45) is 3.81. The Labute approximate surface area is 127 Å². The molecule has 21 heavy (non-hydrogen) atoms. The van der Waals surface area contributed by atoms with Crippen molar-refractivity contribution in [3.8, 4) is 0 Å². The second-order valence-corrected chi connectivity index (χ2v) is 5.74. The molecule has 5 nitrogen and oxygen atoms in total. The van der Waals surface area contributed by atoms with Crippen LogP contribution in [0.1, 0.15) is 52.9 Å². The lowest BCUT2D eigenvalue weighted by Crippen LogP contribution is -2.18. The van der Waals surface area contributed by atoms with Gasteiger partial charge in [0.25, 0.3) is 0 Å². The minimum atomic E-state index is -0.212. The first-order valence-corrected chi connectivity index (χ1v) is 8.00. The van der Waals surface area contributed by atoms with Gasteiger partial charge < -0.3 is 14.2 Å². The monoisotopic (exact) mass is 300 g/mol. The Bertz CT molecular complexity index is 321. The molecular weight excluding hydrogens is 272 g/mol. The van der Waals surface area contributed by atoms with E-state index in [2.05, 4.69) is 13.8 Å². The van der Waals surface area contributed by atoms with Gasteiger partial charge in [-0.25, -0.2) is 0 Å². The average Bonchev–Trinajstić information content (AvgIpc) is 3.29. The Kier molecular flexibility index (Phi) is 8.35. The topological polar surface area (TPSA) is 65.1 Å². The van der Waals surface area contributed by atoms with Gasteiger partial charge in [-0.3, -0.25) is 9.59 Å². The highest BCUT2D eigenvalue weighted by Gasteiger charge is 2.25. The van der Waals surface area contributed by atoms with E-state index in [1.807, 2.05) is 6.92 Å². The smallest absolute Gasteiger partial charge is 0.308 e. The van der Waals surface area contributed by atoms with Crippen LogP contribution in [0.2, 0.25) is 0 Å². The Morgan fingerprint density at radius 3 is 2.48 bits per heavy atom. The molecule has 0 N–H and O–H groups in total. The van der Waals surface area contributed by atoms with Gasteiger partial charge in [-0.1, -0.05) is 33.6 Å². The van der Waals surface area contributed by atoms with Crippen LogP contribution in [-0.4, -0.2) is 37.9 Å². The Balaban J connectivity index is 2.05. The van der Waals surface area contributed by atoms with Crippen molar-refractivity contribution in [1.29, 1.82) is 0 Å². The number of esters is 2. The summed E-state index contributed by atoms with van der Waals surface area (Å²) in [5.41, 5.74) is 0. The lowest BCUT2D eigenvalue weighted by Gasteiger charge is -2.13. The molecule has 2 atom stereocenters. The second kappa shape index (κ2) is 9.77. The largest absolute Gasteiger partial charge is 0.465 e. The van der Waals surface area contributed by atoms with Crippen molar-refractivity contribution >= 4 is 11.9 Å². The second-order valence-electron chi connectivity index (χ2n) is 5.74. The number of hydrogen-bond donors (Lipinski definition) is 0. The zero-order valence-corrected chi connectivity index (χ0v) is 13.4. The number of hydrogen-bond acceptors (Lipinski definition) is 5. The average molecular weight is 300 g/mol. The van der Waals surface area contributed by atoms with E-state index in [1.54, 1.807) is 0 Å². The molecule has 0 aromatic heterocycles. The summed E-state index contributed by atoms with van der Waals surface area (Å²) in [6.45, 7) is 7.56. The summed E-state index contributed by atoms with van der Waals surface area (Å²) in [7, 11) is 0. The van der Waals surface area contributed by atoms with Gasteiger partial charge in [0, 0.05) is 6.42 Å². The van der Waals surface area contributed by atoms with Crippen LogP contribution >= 0.6 is 0 Å². The van der Waals surface area contributed by atoms with Crippen LogP contribution < -0.4 is 0 Å². The van der Waals surface area contributed by atoms with Crippen molar-refractivity contribution in [2.75, 3.05) is 19.8 Å². The Morgan fingerprint density at radius 1 is 1.24 bits per heavy atom. The van der Waals surface area contributed by atoms with E-state index < -0.39 is 0 Å². The molecular formula is C16H28O5. The van der Waals surface area contributed by atoms with Gasteiger partial charge in [0.15, 0.2) is 0 Å². The van der Waals surface area contributed by atoms with Crippen LogP contribution in [0, 0.1) is 11.8 Å². The Morgan fingerprint density at radius 2 is 1.90 bits per heavy atom. The number of epoxide rings is 1. The van der Waals surface area contributed by atoms with Crippen LogP contribution in [0.5, 0.6) is 0 Å². The predicted octanol–water partition coefficient (Wildman–Crippen LogP) is 2.71. The maximum atomic E-state index is 11.6. The molecule has 0 spiro atoms. The highest BCUT2D eigenvalue weighted by Crippen LogP contribution is 2.14. The quantitative estimate of drug-likeness (QED) is 0.433. The SMILES string of the molecule is CCC(CC)COC(=O)CCCC(C)C(=O)OCC1CO1. The minimum Gasteiger partial charge on any atom is -0.465 e. The standard InChI is InChI=1S/C16H28O5/c1-4-13(5-2)9-20-15(17)8-6-7-12(3)16(18)21-11-14-10-19-14/h12-14H,4-11H2,1-3H3. The van der Waals surface area contributed by atoms with E-state index in [0.717, 1.165) is 12.8 Å². The van der Waals surface area contributed by atoms with Crippen LogP contribution in [0.15, 0.2) is 0 Å². The molecule has 0 bridgehead atoms. The molecule has 1 saturated heterocycles. The fourth-order valence-electron chi connectivity index (χ4n) is 1.96. The van der Waals surface area contributed by atoms with Crippen molar-refractivity contribution < 1.29 is 23.8 Å². The summed E-state index contributed by atoms with van der Waals surface area (Å²) in [5, 5.41) is 0. The lowest BCUT2D eigenvalue weighted by molar-refractivity contribution is -0.150. The van der Waals surface area contributed by atoms with Gasteiger partial charge in [0.2, 0.25) is 0 Å². The van der Waals surface area contributed by atoms with E-state index in [0.29, 0.717) is 45.0 Å². The predicted molar refractivity (Wildman–Crippen MR) is 78.7 cm³/mol.